The molecule has 0 aliphatic rings. The first-order valence-corrected chi connectivity index (χ1v) is 9.31. The molecule has 0 aliphatic carbocycles. The second-order valence-electron chi connectivity index (χ2n) is 5.76. The van der Waals surface area contributed by atoms with E-state index in [1.807, 2.05) is 37.3 Å². The van der Waals surface area contributed by atoms with Crippen LogP contribution in [0.5, 0.6) is 0 Å². The molecule has 0 atom stereocenters. The molecule has 0 fully saturated rings. The van der Waals surface area contributed by atoms with E-state index in [-0.39, 0.29) is 11.6 Å². The Morgan fingerprint density at radius 2 is 1.67 bits per heavy atom. The van der Waals surface area contributed by atoms with Gasteiger partial charge in [0.2, 0.25) is 0 Å². The van der Waals surface area contributed by atoms with Crippen molar-refractivity contribution in [2.45, 2.75) is 6.92 Å². The third-order valence-electron chi connectivity index (χ3n) is 3.69. The van der Waals surface area contributed by atoms with Gasteiger partial charge in [-0.15, -0.1) is 0 Å². The van der Waals surface area contributed by atoms with Crippen LogP contribution in [0.1, 0.15) is 21.9 Å². The van der Waals surface area contributed by atoms with Crippen LogP contribution in [0.4, 0.5) is 5.69 Å². The fraction of sp³-hybridized carbons (Fsp3) is 0.0476. The van der Waals surface area contributed by atoms with E-state index in [1.165, 1.54) is 6.08 Å². The van der Waals surface area contributed by atoms with Crippen LogP contribution in [-0.2, 0) is 4.79 Å². The number of nitrogens with one attached hydrogen (secondary N) is 2. The minimum Gasteiger partial charge on any atom is -0.462 e. The van der Waals surface area contributed by atoms with Crippen molar-refractivity contribution in [2.24, 2.45) is 0 Å². The Bertz CT molecular complexity index is 993. The Morgan fingerprint density at radius 1 is 0.963 bits per heavy atom. The van der Waals surface area contributed by atoms with Crippen LogP contribution >= 0.6 is 22.6 Å². The van der Waals surface area contributed by atoms with Gasteiger partial charge in [-0.25, -0.2) is 0 Å². The molecule has 0 radical (unpaired) electrons. The summed E-state index contributed by atoms with van der Waals surface area (Å²) in [5.41, 5.74) is 1.22. The van der Waals surface area contributed by atoms with Crippen LogP contribution in [0.25, 0.3) is 6.08 Å². The second-order valence-corrected chi connectivity index (χ2v) is 6.92. The van der Waals surface area contributed by atoms with E-state index < -0.39 is 5.91 Å². The number of amides is 2. The van der Waals surface area contributed by atoms with Gasteiger partial charge in [0.15, 0.2) is 0 Å². The Kier molecular flexibility index (Phi) is 6.08. The number of halogens is 1. The maximum absolute atomic E-state index is 12.7. The van der Waals surface area contributed by atoms with Gasteiger partial charge >= 0.3 is 0 Å². The number of hydrogen-bond acceptors (Lipinski definition) is 3. The van der Waals surface area contributed by atoms with Crippen LogP contribution in [0.15, 0.2) is 76.8 Å². The van der Waals surface area contributed by atoms with Gasteiger partial charge in [-0.3, -0.25) is 9.59 Å². The van der Waals surface area contributed by atoms with Crippen molar-refractivity contribution < 1.29 is 14.0 Å². The Hall–Kier alpha value is -2.87. The quantitative estimate of drug-likeness (QED) is 0.421. The summed E-state index contributed by atoms with van der Waals surface area (Å²) in [7, 11) is 0. The third-order valence-corrected chi connectivity index (χ3v) is 4.63. The zero-order valence-corrected chi connectivity index (χ0v) is 16.7. The number of aryl methyl sites for hydroxylation is 1. The zero-order chi connectivity index (χ0) is 19.2. The summed E-state index contributed by atoms with van der Waals surface area (Å²) in [5, 5.41) is 5.47. The average Bonchev–Trinajstić information content (AvgIpc) is 3.07. The maximum atomic E-state index is 12.7. The summed E-state index contributed by atoms with van der Waals surface area (Å²) in [5.74, 6) is 0.397. The third kappa shape index (κ3) is 5.07. The summed E-state index contributed by atoms with van der Waals surface area (Å²) < 4.78 is 6.31. The first kappa shape index (κ1) is 18.9. The number of anilines is 1. The van der Waals surface area contributed by atoms with E-state index in [0.29, 0.717) is 22.8 Å². The summed E-state index contributed by atoms with van der Waals surface area (Å²) in [4.78, 5) is 25.4. The van der Waals surface area contributed by atoms with Crippen molar-refractivity contribution in [2.75, 3.05) is 5.32 Å². The fourth-order valence-electron chi connectivity index (χ4n) is 2.39. The van der Waals surface area contributed by atoms with E-state index in [1.54, 1.807) is 36.4 Å². The first-order valence-electron chi connectivity index (χ1n) is 8.23. The van der Waals surface area contributed by atoms with Crippen molar-refractivity contribution in [1.82, 2.24) is 5.32 Å². The fourth-order valence-corrected chi connectivity index (χ4v) is 3.02. The highest BCUT2D eigenvalue weighted by Crippen LogP contribution is 2.15. The van der Waals surface area contributed by atoms with Gasteiger partial charge in [0, 0.05) is 15.3 Å². The second kappa shape index (κ2) is 8.68. The van der Waals surface area contributed by atoms with Crippen molar-refractivity contribution in [3.63, 3.8) is 0 Å². The molecule has 1 heterocycles. The lowest BCUT2D eigenvalue weighted by Crippen LogP contribution is -2.31. The minimum absolute atomic E-state index is 0.0952. The van der Waals surface area contributed by atoms with E-state index in [4.69, 9.17) is 4.42 Å². The Balaban J connectivity index is 1.88. The predicted octanol–water partition coefficient (Wildman–Crippen LogP) is 4.60. The molecule has 136 valence electrons. The van der Waals surface area contributed by atoms with Crippen LogP contribution in [0.3, 0.4) is 0 Å². The molecule has 0 aliphatic heterocycles. The largest absolute Gasteiger partial charge is 0.462 e. The van der Waals surface area contributed by atoms with Crippen LogP contribution < -0.4 is 10.6 Å². The Labute approximate surface area is 170 Å². The molecule has 0 saturated heterocycles. The molecular formula is C21H17IN2O3. The van der Waals surface area contributed by atoms with Crippen molar-refractivity contribution in [3.8, 4) is 0 Å². The zero-order valence-electron chi connectivity index (χ0n) is 14.5. The lowest BCUT2D eigenvalue weighted by molar-refractivity contribution is -0.113. The molecule has 0 saturated carbocycles. The molecule has 6 heteroatoms. The summed E-state index contributed by atoms with van der Waals surface area (Å²) in [6, 6.07) is 19.7. The summed E-state index contributed by atoms with van der Waals surface area (Å²) in [6.07, 6.45) is 1.51. The molecule has 0 bridgehead atoms. The van der Waals surface area contributed by atoms with Crippen molar-refractivity contribution >= 4 is 46.2 Å². The van der Waals surface area contributed by atoms with Gasteiger partial charge in [0.1, 0.15) is 17.2 Å². The normalized spacial score (nSPS) is 11.1. The van der Waals surface area contributed by atoms with Gasteiger partial charge in [0.25, 0.3) is 11.8 Å². The Morgan fingerprint density at radius 3 is 2.33 bits per heavy atom. The van der Waals surface area contributed by atoms with Gasteiger partial charge in [-0.2, -0.15) is 0 Å². The number of carbonyl (C=O) groups excluding carboxylic acids is 2. The van der Waals surface area contributed by atoms with E-state index >= 15 is 0 Å². The molecule has 2 amide bonds. The lowest BCUT2D eigenvalue weighted by atomic mass is 10.2. The predicted molar refractivity (Wildman–Crippen MR) is 113 cm³/mol. The van der Waals surface area contributed by atoms with Gasteiger partial charge in [-0.05, 0) is 65.9 Å². The number of para-hydroxylation sites is 1. The SMILES string of the molecule is Cc1ccc(C=C(NC(=O)c2ccccc2I)C(=O)Nc2ccccc2)o1. The summed E-state index contributed by atoms with van der Waals surface area (Å²) in [6.45, 7) is 1.81. The lowest BCUT2D eigenvalue weighted by Gasteiger charge is -2.11. The minimum atomic E-state index is -0.436. The topological polar surface area (TPSA) is 71.3 Å². The smallest absolute Gasteiger partial charge is 0.272 e. The van der Waals surface area contributed by atoms with Gasteiger partial charge in [0.05, 0.1) is 5.56 Å². The molecule has 3 rings (SSSR count). The van der Waals surface area contributed by atoms with E-state index in [9.17, 15) is 9.59 Å². The number of carbonyl (C=O) groups is 2. The van der Waals surface area contributed by atoms with Gasteiger partial charge in [-0.1, -0.05) is 30.3 Å². The van der Waals surface area contributed by atoms with Crippen LogP contribution in [0, 0.1) is 10.5 Å². The molecule has 27 heavy (non-hydrogen) atoms. The molecule has 5 nitrogen and oxygen atoms in total. The first-order chi connectivity index (χ1) is 13.0. The van der Waals surface area contributed by atoms with Crippen LogP contribution in [0.2, 0.25) is 0 Å². The maximum Gasteiger partial charge on any atom is 0.272 e. The van der Waals surface area contributed by atoms with Crippen molar-refractivity contribution in [3.05, 3.63) is 93.1 Å². The molecule has 2 aromatic carbocycles. The molecular weight excluding hydrogens is 455 g/mol. The van der Waals surface area contributed by atoms with E-state index in [0.717, 1.165) is 3.57 Å². The molecule has 3 aromatic rings. The average molecular weight is 472 g/mol. The van der Waals surface area contributed by atoms with Gasteiger partial charge < -0.3 is 15.1 Å². The van der Waals surface area contributed by atoms with Crippen molar-refractivity contribution in [1.29, 1.82) is 0 Å². The van der Waals surface area contributed by atoms with E-state index in [2.05, 4.69) is 33.2 Å². The molecule has 0 unspecified atom stereocenters. The standard InChI is InChI=1S/C21H17IN2O3/c1-14-11-12-16(27-14)13-19(21(26)23-15-7-3-2-4-8-15)24-20(25)17-9-5-6-10-18(17)22/h2-13H,1H3,(H,23,26)(H,24,25). The molecule has 1 aromatic heterocycles. The highest BCUT2D eigenvalue weighted by molar-refractivity contribution is 14.1. The van der Waals surface area contributed by atoms with Crippen LogP contribution in [-0.4, -0.2) is 11.8 Å². The number of furan rings is 1. The number of rotatable bonds is 5. The highest BCUT2D eigenvalue weighted by atomic mass is 127. The summed E-state index contributed by atoms with van der Waals surface area (Å²) >= 11 is 2.09. The highest BCUT2D eigenvalue weighted by Gasteiger charge is 2.17. The molecule has 0 spiro atoms. The monoisotopic (exact) mass is 472 g/mol. The number of hydrogen-bond donors (Lipinski definition) is 2. The number of benzene rings is 2. The molecule has 2 N–H and O–H groups in total.